The van der Waals surface area contributed by atoms with Gasteiger partial charge in [-0.3, -0.25) is 0 Å². The van der Waals surface area contributed by atoms with Crippen LogP contribution in [0.2, 0.25) is 0 Å². The van der Waals surface area contributed by atoms with Crippen LogP contribution in [0.5, 0.6) is 0 Å². The molecule has 0 saturated heterocycles. The fourth-order valence-electron chi connectivity index (χ4n) is 3.28. The molecule has 0 aliphatic heterocycles. The lowest BCUT2D eigenvalue weighted by molar-refractivity contribution is 0.0652. The van der Waals surface area contributed by atoms with E-state index in [1.807, 2.05) is 35.3 Å². The van der Waals surface area contributed by atoms with Gasteiger partial charge in [-0.2, -0.15) is 0 Å². The number of thiazole rings is 1. The SMILES string of the molecule is COC(=O)NS(=O)(=O)c1sc(CC(C)C)nc1-c1ccc(Cn2ccnc2C(C)(C)O)cc1. The van der Waals surface area contributed by atoms with E-state index in [4.69, 9.17) is 0 Å². The summed E-state index contributed by atoms with van der Waals surface area (Å²) < 4.78 is 33.8. The third-order valence-electron chi connectivity index (χ3n) is 4.71. The van der Waals surface area contributed by atoms with Crippen molar-refractivity contribution in [2.45, 2.75) is 50.5 Å². The summed E-state index contributed by atoms with van der Waals surface area (Å²) >= 11 is 1.05. The Hall–Kier alpha value is -2.76. The van der Waals surface area contributed by atoms with Crippen molar-refractivity contribution in [3.63, 3.8) is 0 Å². The Labute approximate surface area is 197 Å². The number of hydrogen-bond donors (Lipinski definition) is 2. The largest absolute Gasteiger partial charge is 0.452 e. The van der Waals surface area contributed by atoms with Crippen molar-refractivity contribution in [1.29, 1.82) is 0 Å². The summed E-state index contributed by atoms with van der Waals surface area (Å²) in [4.78, 5) is 20.4. The zero-order valence-corrected chi connectivity index (χ0v) is 20.8. The minimum absolute atomic E-state index is 0.0322. The van der Waals surface area contributed by atoms with Crippen LogP contribution in [0.1, 0.15) is 44.1 Å². The molecule has 0 unspecified atom stereocenters. The number of nitrogens with zero attached hydrogens (tertiary/aromatic N) is 3. The summed E-state index contributed by atoms with van der Waals surface area (Å²) in [6, 6.07) is 7.33. The van der Waals surface area contributed by atoms with Gasteiger partial charge in [0.15, 0.2) is 4.21 Å². The van der Waals surface area contributed by atoms with Gasteiger partial charge in [0.2, 0.25) is 0 Å². The summed E-state index contributed by atoms with van der Waals surface area (Å²) in [6.07, 6.45) is 2.99. The standard InChI is InChI=1S/C22H28N4O5S2/c1-14(2)12-17-24-18(19(32-17)33(29,30)25-21(27)31-5)16-8-6-15(7-9-16)13-26-11-10-23-20(26)22(3,4)28/h6-11,14,28H,12-13H2,1-5H3,(H,25,27). The molecule has 3 aromatic rings. The number of nitrogens with one attached hydrogen (secondary N) is 1. The minimum atomic E-state index is -4.15. The lowest BCUT2D eigenvalue weighted by Gasteiger charge is -2.18. The van der Waals surface area contributed by atoms with Crippen molar-refractivity contribution in [1.82, 2.24) is 19.3 Å². The van der Waals surface area contributed by atoms with E-state index < -0.39 is 21.7 Å². The Morgan fingerprint density at radius 2 is 1.94 bits per heavy atom. The highest BCUT2D eigenvalue weighted by Gasteiger charge is 2.27. The molecule has 2 N–H and O–H groups in total. The predicted octanol–water partition coefficient (Wildman–Crippen LogP) is 3.53. The molecule has 9 nitrogen and oxygen atoms in total. The maximum Gasteiger partial charge on any atom is 0.420 e. The van der Waals surface area contributed by atoms with E-state index in [0.29, 0.717) is 35.1 Å². The van der Waals surface area contributed by atoms with Crippen molar-refractivity contribution < 1.29 is 23.1 Å². The molecule has 0 atom stereocenters. The summed E-state index contributed by atoms with van der Waals surface area (Å²) in [7, 11) is -3.05. The second kappa shape index (κ2) is 9.62. The molecule has 1 amide bonds. The number of imidazole rings is 1. The second-order valence-electron chi connectivity index (χ2n) is 8.57. The number of carbonyl (C=O) groups excluding carboxylic acids is 1. The maximum atomic E-state index is 12.8. The Morgan fingerprint density at radius 1 is 1.27 bits per heavy atom. The van der Waals surface area contributed by atoms with Crippen LogP contribution >= 0.6 is 11.3 Å². The van der Waals surface area contributed by atoms with Crippen LogP contribution in [0.4, 0.5) is 4.79 Å². The molecule has 1 aromatic carbocycles. The molecule has 2 heterocycles. The highest BCUT2D eigenvalue weighted by atomic mass is 32.2. The molecule has 2 aromatic heterocycles. The van der Waals surface area contributed by atoms with Gasteiger partial charge < -0.3 is 14.4 Å². The molecular weight excluding hydrogens is 464 g/mol. The number of aliphatic hydroxyl groups is 1. The highest BCUT2D eigenvalue weighted by Crippen LogP contribution is 2.33. The van der Waals surface area contributed by atoms with Gasteiger partial charge in [0.05, 0.1) is 12.1 Å². The molecule has 0 radical (unpaired) electrons. The Morgan fingerprint density at radius 3 is 2.52 bits per heavy atom. The van der Waals surface area contributed by atoms with Gasteiger partial charge >= 0.3 is 6.09 Å². The number of hydrogen-bond acceptors (Lipinski definition) is 8. The summed E-state index contributed by atoms with van der Waals surface area (Å²) in [5.74, 6) is 0.835. The van der Waals surface area contributed by atoms with Crippen molar-refractivity contribution in [2.75, 3.05) is 7.11 Å². The first-order valence-corrected chi connectivity index (χ1v) is 12.6. The molecule has 178 valence electrons. The van der Waals surface area contributed by atoms with E-state index in [0.717, 1.165) is 24.0 Å². The molecule has 0 spiro atoms. The normalized spacial score (nSPS) is 12.2. The van der Waals surface area contributed by atoms with E-state index in [1.165, 1.54) is 0 Å². The van der Waals surface area contributed by atoms with Crippen molar-refractivity contribution in [3.8, 4) is 11.3 Å². The molecule has 0 aliphatic carbocycles. The summed E-state index contributed by atoms with van der Waals surface area (Å²) in [6.45, 7) is 7.89. The molecule has 0 fully saturated rings. The molecule has 33 heavy (non-hydrogen) atoms. The molecule has 0 saturated carbocycles. The number of benzene rings is 1. The van der Waals surface area contributed by atoms with Gasteiger partial charge in [-0.15, -0.1) is 11.3 Å². The summed E-state index contributed by atoms with van der Waals surface area (Å²) in [5, 5.41) is 11.0. The number of carbonyl (C=O) groups is 1. The Kier molecular flexibility index (Phi) is 7.25. The summed E-state index contributed by atoms with van der Waals surface area (Å²) in [5.41, 5.74) is 0.770. The molecular formula is C22H28N4O5S2. The maximum absolute atomic E-state index is 12.8. The fraction of sp³-hybridized carbons (Fsp3) is 0.409. The second-order valence-corrected chi connectivity index (χ2v) is 11.5. The Balaban J connectivity index is 1.95. The zero-order chi connectivity index (χ0) is 24.4. The van der Waals surface area contributed by atoms with Crippen LogP contribution in [0.25, 0.3) is 11.3 Å². The highest BCUT2D eigenvalue weighted by molar-refractivity contribution is 7.92. The first kappa shape index (κ1) is 24.9. The third-order valence-corrected chi connectivity index (χ3v) is 7.61. The lowest BCUT2D eigenvalue weighted by Crippen LogP contribution is -2.30. The van der Waals surface area contributed by atoms with Crippen molar-refractivity contribution in [2.24, 2.45) is 5.92 Å². The van der Waals surface area contributed by atoms with Gasteiger partial charge in [-0.25, -0.2) is 27.9 Å². The van der Waals surface area contributed by atoms with Crippen LogP contribution in [-0.2, 0) is 33.3 Å². The monoisotopic (exact) mass is 492 g/mol. The van der Waals surface area contributed by atoms with Gasteiger partial charge in [-0.05, 0) is 25.3 Å². The van der Waals surface area contributed by atoms with Gasteiger partial charge in [-0.1, -0.05) is 38.1 Å². The van der Waals surface area contributed by atoms with E-state index in [9.17, 15) is 18.3 Å². The lowest BCUT2D eigenvalue weighted by atomic mass is 10.1. The number of methoxy groups -OCH3 is 1. The van der Waals surface area contributed by atoms with Gasteiger partial charge in [0.25, 0.3) is 10.0 Å². The van der Waals surface area contributed by atoms with Crippen LogP contribution in [0.15, 0.2) is 40.9 Å². The zero-order valence-electron chi connectivity index (χ0n) is 19.2. The van der Waals surface area contributed by atoms with Crippen molar-refractivity contribution >= 4 is 27.5 Å². The Bertz CT molecular complexity index is 1220. The van der Waals surface area contributed by atoms with E-state index >= 15 is 0 Å². The molecule has 0 bridgehead atoms. The molecule has 11 heteroatoms. The smallest absolute Gasteiger partial charge is 0.420 e. The average molecular weight is 493 g/mol. The van der Waals surface area contributed by atoms with Crippen LogP contribution in [0, 0.1) is 5.92 Å². The first-order valence-electron chi connectivity index (χ1n) is 10.3. The number of ether oxygens (including phenoxy) is 1. The first-order chi connectivity index (χ1) is 15.4. The predicted molar refractivity (Wildman–Crippen MR) is 125 cm³/mol. The van der Waals surface area contributed by atoms with Crippen LogP contribution in [0.3, 0.4) is 0 Å². The fourth-order valence-corrected chi connectivity index (χ4v) is 5.97. The minimum Gasteiger partial charge on any atom is -0.452 e. The van der Waals surface area contributed by atoms with E-state index in [-0.39, 0.29) is 10.1 Å². The molecule has 0 aliphatic rings. The van der Waals surface area contributed by atoms with E-state index in [1.54, 1.807) is 38.4 Å². The van der Waals surface area contributed by atoms with Crippen LogP contribution < -0.4 is 4.72 Å². The topological polar surface area (TPSA) is 123 Å². The number of sulfonamides is 1. The number of rotatable bonds is 8. The van der Waals surface area contributed by atoms with Gasteiger partial charge in [0.1, 0.15) is 17.1 Å². The van der Waals surface area contributed by atoms with E-state index in [2.05, 4.69) is 14.7 Å². The molecule has 3 rings (SSSR count). The number of aromatic nitrogens is 3. The van der Waals surface area contributed by atoms with Crippen LogP contribution in [-0.4, -0.2) is 41.3 Å². The quantitative estimate of drug-likeness (QED) is 0.493. The van der Waals surface area contributed by atoms with Gasteiger partial charge in [0, 0.05) is 30.9 Å². The average Bonchev–Trinajstić information content (AvgIpc) is 3.35. The third kappa shape index (κ3) is 5.98. The van der Waals surface area contributed by atoms with Crippen molar-refractivity contribution in [3.05, 3.63) is 53.1 Å². The number of amides is 1.